The molecular formula is C21H17N3OS. The van der Waals surface area contributed by atoms with E-state index in [0.717, 1.165) is 22.3 Å². The Morgan fingerprint density at radius 1 is 1.31 bits per heavy atom. The lowest BCUT2D eigenvalue weighted by molar-refractivity contribution is -0.125. The lowest BCUT2D eigenvalue weighted by Gasteiger charge is -2.30. The number of hydrogen-bond donors (Lipinski definition) is 1. The van der Waals surface area contributed by atoms with E-state index in [0.29, 0.717) is 11.6 Å². The molecule has 1 aromatic heterocycles. The van der Waals surface area contributed by atoms with Gasteiger partial charge in [-0.1, -0.05) is 53.7 Å². The molecule has 5 heteroatoms. The Bertz CT molecular complexity index is 992. The zero-order chi connectivity index (χ0) is 18.1. The van der Waals surface area contributed by atoms with Crippen LogP contribution >= 0.6 is 11.3 Å². The second-order valence-corrected chi connectivity index (χ2v) is 7.53. The summed E-state index contributed by atoms with van der Waals surface area (Å²) in [7, 11) is 0. The van der Waals surface area contributed by atoms with E-state index in [2.05, 4.69) is 33.6 Å². The van der Waals surface area contributed by atoms with E-state index in [-0.39, 0.29) is 11.8 Å². The third-order valence-electron chi connectivity index (χ3n) is 5.05. The zero-order valence-electron chi connectivity index (χ0n) is 14.3. The molecule has 0 saturated carbocycles. The molecule has 0 spiro atoms. The molecule has 0 saturated heterocycles. The summed E-state index contributed by atoms with van der Waals surface area (Å²) < 4.78 is 0. The van der Waals surface area contributed by atoms with Crippen molar-refractivity contribution in [3.05, 3.63) is 76.3 Å². The molecule has 3 aromatic rings. The Kier molecular flexibility index (Phi) is 4.06. The van der Waals surface area contributed by atoms with E-state index in [1.807, 2.05) is 43.3 Å². The number of amides is 1. The van der Waals surface area contributed by atoms with Crippen LogP contribution in [0, 0.1) is 17.8 Å². The second kappa shape index (κ2) is 6.40. The van der Waals surface area contributed by atoms with Gasteiger partial charge in [-0.3, -0.25) is 4.79 Å². The molecule has 1 heterocycles. The van der Waals surface area contributed by atoms with Gasteiger partial charge in [0.1, 0.15) is 5.51 Å². The van der Waals surface area contributed by atoms with Crippen molar-refractivity contribution in [2.24, 2.45) is 5.41 Å². The summed E-state index contributed by atoms with van der Waals surface area (Å²) in [6.07, 6.45) is 6.25. The fraction of sp³-hybridized carbons (Fsp3) is 0.190. The maximum atomic E-state index is 13.2. The molecule has 0 bridgehead atoms. The number of anilines is 1. The van der Waals surface area contributed by atoms with Crippen LogP contribution < -0.4 is 5.32 Å². The van der Waals surface area contributed by atoms with Gasteiger partial charge in [-0.15, -0.1) is 16.6 Å². The van der Waals surface area contributed by atoms with Crippen molar-refractivity contribution < 1.29 is 4.79 Å². The molecule has 128 valence electrons. The summed E-state index contributed by atoms with van der Waals surface area (Å²) in [5.41, 5.74) is 5.20. The van der Waals surface area contributed by atoms with Crippen molar-refractivity contribution in [3.8, 4) is 12.3 Å². The Balaban J connectivity index is 1.81. The first kappa shape index (κ1) is 16.5. The van der Waals surface area contributed by atoms with Crippen LogP contribution in [0.3, 0.4) is 0 Å². The number of fused-ring (bicyclic) bond motifs is 1. The van der Waals surface area contributed by atoms with Crippen molar-refractivity contribution >= 4 is 22.4 Å². The number of carbonyl (C=O) groups excluding carboxylic acids is 1. The molecule has 2 unspecified atom stereocenters. The number of carbonyl (C=O) groups is 1. The van der Waals surface area contributed by atoms with E-state index >= 15 is 0 Å². The van der Waals surface area contributed by atoms with Gasteiger partial charge >= 0.3 is 0 Å². The summed E-state index contributed by atoms with van der Waals surface area (Å²) in [4.78, 5) is 13.2. The molecule has 1 aliphatic carbocycles. The number of rotatable bonds is 3. The molecule has 0 radical (unpaired) electrons. The minimum absolute atomic E-state index is 0.0541. The third kappa shape index (κ3) is 2.69. The number of nitrogens with one attached hydrogen (secondary N) is 1. The normalized spacial score (nSPS) is 21.0. The summed E-state index contributed by atoms with van der Waals surface area (Å²) in [6, 6.07) is 16.1. The monoisotopic (exact) mass is 359 g/mol. The van der Waals surface area contributed by atoms with Crippen molar-refractivity contribution in [1.82, 2.24) is 10.2 Å². The van der Waals surface area contributed by atoms with E-state index in [1.54, 1.807) is 5.51 Å². The standard InChI is InChI=1S/C21H17N3OS/c1-3-14-9-10-16-12-21(2,19(25)23-20-24-22-13-26-20)18(17(16)11-14)15-7-5-4-6-8-15/h1,4-11,13,18H,12H2,2H3,(H,23,24,25). The van der Waals surface area contributed by atoms with Gasteiger partial charge in [0.2, 0.25) is 11.0 Å². The molecule has 0 aliphatic heterocycles. The van der Waals surface area contributed by atoms with Crippen LogP contribution in [0.15, 0.2) is 54.0 Å². The Morgan fingerprint density at radius 2 is 2.12 bits per heavy atom. The largest absolute Gasteiger partial charge is 0.300 e. The molecule has 0 fully saturated rings. The first-order valence-corrected chi connectivity index (χ1v) is 9.22. The molecule has 26 heavy (non-hydrogen) atoms. The zero-order valence-corrected chi connectivity index (χ0v) is 15.1. The van der Waals surface area contributed by atoms with E-state index in [4.69, 9.17) is 6.42 Å². The minimum Gasteiger partial charge on any atom is -0.300 e. The van der Waals surface area contributed by atoms with Crippen molar-refractivity contribution in [2.45, 2.75) is 19.3 Å². The molecule has 1 aliphatic rings. The van der Waals surface area contributed by atoms with Gasteiger partial charge < -0.3 is 5.32 Å². The minimum atomic E-state index is -0.636. The van der Waals surface area contributed by atoms with Crippen LogP contribution in [-0.2, 0) is 11.2 Å². The highest BCUT2D eigenvalue weighted by atomic mass is 32.1. The number of nitrogens with zero attached hydrogens (tertiary/aromatic N) is 2. The van der Waals surface area contributed by atoms with E-state index in [1.165, 1.54) is 11.3 Å². The number of aromatic nitrogens is 2. The smallest absolute Gasteiger partial charge is 0.233 e. The van der Waals surface area contributed by atoms with Crippen LogP contribution in [0.2, 0.25) is 0 Å². The quantitative estimate of drug-likeness (QED) is 0.723. The third-order valence-corrected chi connectivity index (χ3v) is 5.66. The summed E-state index contributed by atoms with van der Waals surface area (Å²) in [5, 5.41) is 11.2. The average molecular weight is 359 g/mol. The fourth-order valence-corrected chi connectivity index (χ4v) is 4.27. The van der Waals surface area contributed by atoms with Crippen LogP contribution in [0.1, 0.15) is 35.1 Å². The molecule has 1 N–H and O–H groups in total. The lowest BCUT2D eigenvalue weighted by atomic mass is 9.73. The Morgan fingerprint density at radius 3 is 2.81 bits per heavy atom. The Labute approximate surface area is 156 Å². The Hall–Kier alpha value is -2.97. The van der Waals surface area contributed by atoms with Crippen LogP contribution in [0.4, 0.5) is 5.13 Å². The highest BCUT2D eigenvalue weighted by molar-refractivity contribution is 7.13. The van der Waals surface area contributed by atoms with Gasteiger partial charge in [0.15, 0.2) is 0 Å². The molecule has 2 atom stereocenters. The summed E-state index contributed by atoms with van der Waals surface area (Å²) in [5.74, 6) is 2.58. The predicted octanol–water partition coefficient (Wildman–Crippen LogP) is 3.85. The number of benzene rings is 2. The van der Waals surface area contributed by atoms with E-state index < -0.39 is 5.41 Å². The van der Waals surface area contributed by atoms with Crippen LogP contribution in [-0.4, -0.2) is 16.1 Å². The number of hydrogen-bond acceptors (Lipinski definition) is 4. The first-order valence-electron chi connectivity index (χ1n) is 8.34. The average Bonchev–Trinajstić information content (AvgIpc) is 3.27. The highest BCUT2D eigenvalue weighted by Gasteiger charge is 2.48. The first-order chi connectivity index (χ1) is 12.6. The van der Waals surface area contributed by atoms with Gasteiger partial charge in [0, 0.05) is 11.5 Å². The van der Waals surface area contributed by atoms with Gasteiger partial charge in [0.05, 0.1) is 5.41 Å². The summed E-state index contributed by atoms with van der Waals surface area (Å²) in [6.45, 7) is 2.01. The lowest BCUT2D eigenvalue weighted by Crippen LogP contribution is -2.37. The molecule has 4 nitrogen and oxygen atoms in total. The second-order valence-electron chi connectivity index (χ2n) is 6.69. The topological polar surface area (TPSA) is 54.9 Å². The number of terminal acetylenes is 1. The van der Waals surface area contributed by atoms with Gasteiger partial charge in [-0.25, -0.2) is 0 Å². The molecule has 4 rings (SSSR count). The van der Waals surface area contributed by atoms with Crippen LogP contribution in [0.5, 0.6) is 0 Å². The van der Waals surface area contributed by atoms with Crippen LogP contribution in [0.25, 0.3) is 0 Å². The van der Waals surface area contributed by atoms with Gasteiger partial charge in [-0.2, -0.15) is 0 Å². The summed E-state index contributed by atoms with van der Waals surface area (Å²) >= 11 is 1.32. The molecular weight excluding hydrogens is 342 g/mol. The van der Waals surface area contributed by atoms with Crippen molar-refractivity contribution in [3.63, 3.8) is 0 Å². The highest BCUT2D eigenvalue weighted by Crippen LogP contribution is 2.51. The van der Waals surface area contributed by atoms with E-state index in [9.17, 15) is 4.79 Å². The maximum absolute atomic E-state index is 13.2. The van der Waals surface area contributed by atoms with Gasteiger partial charge in [-0.05, 0) is 42.2 Å². The predicted molar refractivity (Wildman–Crippen MR) is 103 cm³/mol. The van der Waals surface area contributed by atoms with Crippen molar-refractivity contribution in [2.75, 3.05) is 5.32 Å². The SMILES string of the molecule is C#Cc1ccc2c(c1)C(c1ccccc1)C(C)(C(=O)Nc1nncs1)C2. The fourth-order valence-electron chi connectivity index (χ4n) is 3.83. The van der Waals surface area contributed by atoms with Gasteiger partial charge in [0.25, 0.3) is 0 Å². The van der Waals surface area contributed by atoms with Crippen molar-refractivity contribution in [1.29, 1.82) is 0 Å². The molecule has 1 amide bonds. The maximum Gasteiger partial charge on any atom is 0.233 e. The molecule has 2 aromatic carbocycles.